The van der Waals surface area contributed by atoms with E-state index in [0.717, 1.165) is 4.90 Å². The Morgan fingerprint density at radius 1 is 0.938 bits per heavy atom. The van der Waals surface area contributed by atoms with Gasteiger partial charge in [-0.05, 0) is 67.6 Å². The highest BCUT2D eigenvalue weighted by Crippen LogP contribution is 2.30. The molecule has 0 aliphatic heterocycles. The minimum Gasteiger partial charge on any atom is -0.497 e. The molecule has 166 valence electrons. The molecule has 1 atom stereocenters. The second-order valence-electron chi connectivity index (χ2n) is 6.80. The summed E-state index contributed by atoms with van der Waals surface area (Å²) in [7, 11) is 3.10. The molecule has 0 aliphatic rings. The maximum absolute atomic E-state index is 12.7. The first-order valence-corrected chi connectivity index (χ1v) is 11.0. The van der Waals surface area contributed by atoms with E-state index in [1.54, 1.807) is 62.6 Å². The van der Waals surface area contributed by atoms with Crippen LogP contribution in [-0.4, -0.2) is 31.3 Å². The Bertz CT molecular complexity index is 1110. The molecule has 1 unspecified atom stereocenters. The van der Waals surface area contributed by atoms with Gasteiger partial charge in [-0.2, -0.15) is 0 Å². The van der Waals surface area contributed by atoms with Crippen LogP contribution in [0.3, 0.4) is 0 Å². The summed E-state index contributed by atoms with van der Waals surface area (Å²) in [5, 5.41) is 5.83. The van der Waals surface area contributed by atoms with Crippen LogP contribution in [0.2, 0.25) is 5.02 Å². The number of rotatable bonds is 8. The summed E-state index contributed by atoms with van der Waals surface area (Å²) >= 11 is 7.41. The molecule has 6 nitrogen and oxygen atoms in total. The van der Waals surface area contributed by atoms with Crippen molar-refractivity contribution in [2.75, 3.05) is 24.9 Å². The first kappa shape index (κ1) is 23.5. The minimum atomic E-state index is -0.397. The van der Waals surface area contributed by atoms with Gasteiger partial charge < -0.3 is 20.1 Å². The van der Waals surface area contributed by atoms with Crippen LogP contribution in [0.25, 0.3) is 0 Å². The summed E-state index contributed by atoms with van der Waals surface area (Å²) in [4.78, 5) is 26.0. The smallest absolute Gasteiger partial charge is 0.255 e. The molecule has 0 spiro atoms. The second-order valence-corrected chi connectivity index (χ2v) is 8.66. The lowest BCUT2D eigenvalue weighted by Crippen LogP contribution is -2.22. The molecule has 8 heteroatoms. The number of nitrogens with one attached hydrogen (secondary N) is 2. The molecule has 0 aromatic heterocycles. The molecule has 3 aromatic rings. The highest BCUT2D eigenvalue weighted by molar-refractivity contribution is 8.00. The molecule has 2 amide bonds. The van der Waals surface area contributed by atoms with Gasteiger partial charge >= 0.3 is 0 Å². The summed E-state index contributed by atoms with van der Waals surface area (Å²) in [6.45, 7) is 1.81. The van der Waals surface area contributed by atoms with E-state index >= 15 is 0 Å². The number of carbonyl (C=O) groups excluding carboxylic acids is 2. The fourth-order valence-corrected chi connectivity index (χ4v) is 3.96. The van der Waals surface area contributed by atoms with Crippen molar-refractivity contribution in [3.8, 4) is 11.5 Å². The summed E-state index contributed by atoms with van der Waals surface area (Å²) in [5.41, 5.74) is 1.67. The standard InChI is InChI=1S/C24H23ClN2O4S/c1-15(23(28)27-21-13-17(25)9-12-22(21)31-3)32-20-6-4-5-18(14-20)26-24(29)16-7-10-19(30-2)11-8-16/h4-15H,1-3H3,(H,26,29)(H,27,28). The van der Waals surface area contributed by atoms with Crippen molar-refractivity contribution in [1.82, 2.24) is 0 Å². The van der Waals surface area contributed by atoms with Gasteiger partial charge in [0.2, 0.25) is 5.91 Å². The van der Waals surface area contributed by atoms with Gasteiger partial charge in [0.15, 0.2) is 0 Å². The van der Waals surface area contributed by atoms with E-state index in [0.29, 0.717) is 33.5 Å². The summed E-state index contributed by atoms with van der Waals surface area (Å²) in [6, 6.07) is 19.2. The van der Waals surface area contributed by atoms with Gasteiger partial charge in [-0.15, -0.1) is 11.8 Å². The Morgan fingerprint density at radius 3 is 2.38 bits per heavy atom. The Labute approximate surface area is 196 Å². The van der Waals surface area contributed by atoms with Crippen LogP contribution in [0, 0.1) is 0 Å². The lowest BCUT2D eigenvalue weighted by atomic mass is 10.2. The molecule has 0 radical (unpaired) electrons. The fraction of sp³-hybridized carbons (Fsp3) is 0.167. The van der Waals surface area contributed by atoms with Crippen LogP contribution in [0.1, 0.15) is 17.3 Å². The van der Waals surface area contributed by atoms with Crippen LogP contribution >= 0.6 is 23.4 Å². The van der Waals surface area contributed by atoms with Gasteiger partial charge in [0.05, 0.1) is 25.2 Å². The first-order valence-electron chi connectivity index (χ1n) is 9.76. The third-order valence-electron chi connectivity index (χ3n) is 4.55. The molecule has 3 aromatic carbocycles. The summed E-state index contributed by atoms with van der Waals surface area (Å²) in [5.74, 6) is 0.794. The quantitative estimate of drug-likeness (QED) is 0.411. The van der Waals surface area contributed by atoms with E-state index in [9.17, 15) is 9.59 Å². The molecule has 0 aliphatic carbocycles. The maximum atomic E-state index is 12.7. The largest absolute Gasteiger partial charge is 0.497 e. The van der Waals surface area contributed by atoms with E-state index in [1.807, 2.05) is 18.2 Å². The van der Waals surface area contributed by atoms with Crippen molar-refractivity contribution in [3.05, 3.63) is 77.3 Å². The van der Waals surface area contributed by atoms with Crippen LogP contribution < -0.4 is 20.1 Å². The minimum absolute atomic E-state index is 0.191. The van der Waals surface area contributed by atoms with Gasteiger partial charge in [0, 0.05) is 21.2 Å². The van der Waals surface area contributed by atoms with E-state index in [4.69, 9.17) is 21.1 Å². The number of ether oxygens (including phenoxy) is 2. The number of anilines is 2. The Kier molecular flexibility index (Phi) is 8.03. The zero-order valence-corrected chi connectivity index (χ0v) is 19.4. The number of hydrogen-bond donors (Lipinski definition) is 2. The zero-order valence-electron chi connectivity index (χ0n) is 17.8. The molecule has 2 N–H and O–H groups in total. The molecule has 0 bridgehead atoms. The molecule has 0 heterocycles. The number of amides is 2. The van der Waals surface area contributed by atoms with E-state index in [2.05, 4.69) is 10.6 Å². The highest BCUT2D eigenvalue weighted by atomic mass is 35.5. The van der Waals surface area contributed by atoms with Crippen molar-refractivity contribution in [1.29, 1.82) is 0 Å². The fourth-order valence-electron chi connectivity index (χ4n) is 2.86. The van der Waals surface area contributed by atoms with Crippen molar-refractivity contribution in [2.45, 2.75) is 17.1 Å². The predicted molar refractivity (Wildman–Crippen MR) is 129 cm³/mol. The second kappa shape index (κ2) is 10.9. The topological polar surface area (TPSA) is 76.7 Å². The van der Waals surface area contributed by atoms with Gasteiger partial charge in [-0.1, -0.05) is 17.7 Å². The molecular weight excluding hydrogens is 448 g/mol. The van der Waals surface area contributed by atoms with Gasteiger partial charge in [-0.25, -0.2) is 0 Å². The highest BCUT2D eigenvalue weighted by Gasteiger charge is 2.17. The Morgan fingerprint density at radius 2 is 1.69 bits per heavy atom. The van der Waals surface area contributed by atoms with Crippen molar-refractivity contribution in [3.63, 3.8) is 0 Å². The number of benzene rings is 3. The van der Waals surface area contributed by atoms with Gasteiger partial charge in [-0.3, -0.25) is 9.59 Å². The SMILES string of the molecule is COc1ccc(C(=O)Nc2cccc(SC(C)C(=O)Nc3cc(Cl)ccc3OC)c2)cc1. The van der Waals surface area contributed by atoms with E-state index in [-0.39, 0.29) is 11.8 Å². The van der Waals surface area contributed by atoms with Gasteiger partial charge in [0.1, 0.15) is 11.5 Å². The van der Waals surface area contributed by atoms with E-state index < -0.39 is 5.25 Å². The summed E-state index contributed by atoms with van der Waals surface area (Å²) in [6.07, 6.45) is 0. The monoisotopic (exact) mass is 470 g/mol. The Balaban J connectivity index is 1.64. The Hall–Kier alpha value is -3.16. The van der Waals surface area contributed by atoms with Gasteiger partial charge in [0.25, 0.3) is 5.91 Å². The lowest BCUT2D eigenvalue weighted by Gasteiger charge is -2.15. The molecule has 32 heavy (non-hydrogen) atoms. The number of halogens is 1. The van der Waals surface area contributed by atoms with Crippen molar-refractivity contribution in [2.24, 2.45) is 0 Å². The van der Waals surface area contributed by atoms with Crippen LogP contribution in [0.4, 0.5) is 11.4 Å². The van der Waals surface area contributed by atoms with Crippen molar-refractivity contribution < 1.29 is 19.1 Å². The number of hydrogen-bond acceptors (Lipinski definition) is 5. The third kappa shape index (κ3) is 6.18. The normalized spacial score (nSPS) is 11.4. The average molecular weight is 471 g/mol. The van der Waals surface area contributed by atoms with Crippen LogP contribution in [0.15, 0.2) is 71.6 Å². The third-order valence-corrected chi connectivity index (χ3v) is 5.87. The average Bonchev–Trinajstić information content (AvgIpc) is 2.79. The molecule has 0 saturated carbocycles. The zero-order chi connectivity index (χ0) is 23.1. The molecular formula is C24H23ClN2O4S. The van der Waals surface area contributed by atoms with Crippen LogP contribution in [0.5, 0.6) is 11.5 Å². The maximum Gasteiger partial charge on any atom is 0.255 e. The van der Waals surface area contributed by atoms with E-state index in [1.165, 1.54) is 18.9 Å². The number of thioether (sulfide) groups is 1. The van der Waals surface area contributed by atoms with Crippen LogP contribution in [-0.2, 0) is 4.79 Å². The molecule has 0 saturated heterocycles. The lowest BCUT2D eigenvalue weighted by molar-refractivity contribution is -0.115. The number of carbonyl (C=O) groups is 2. The molecule has 3 rings (SSSR count). The molecule has 0 fully saturated rings. The predicted octanol–water partition coefficient (Wildman–Crippen LogP) is 5.73. The first-order chi connectivity index (χ1) is 15.4. The summed E-state index contributed by atoms with van der Waals surface area (Å²) < 4.78 is 10.4. The van der Waals surface area contributed by atoms with Crippen molar-refractivity contribution >= 4 is 46.6 Å². The number of methoxy groups -OCH3 is 2.